The predicted octanol–water partition coefficient (Wildman–Crippen LogP) is 3.23. The number of nitrogens with zero attached hydrogens (tertiary/aromatic N) is 3. The van der Waals surface area contributed by atoms with E-state index in [1.165, 1.54) is 0 Å². The molecule has 0 saturated heterocycles. The molecule has 0 saturated carbocycles. The van der Waals surface area contributed by atoms with Gasteiger partial charge in [0, 0.05) is 6.07 Å². The molecule has 3 aromatic rings. The van der Waals surface area contributed by atoms with Gasteiger partial charge in [0.1, 0.15) is 6.61 Å². The van der Waals surface area contributed by atoms with Crippen LogP contribution in [0.25, 0.3) is 5.65 Å². The van der Waals surface area contributed by atoms with Crippen molar-refractivity contribution in [3.63, 3.8) is 0 Å². The molecule has 0 amide bonds. The van der Waals surface area contributed by atoms with Crippen LogP contribution < -0.4 is 4.74 Å². The van der Waals surface area contributed by atoms with Gasteiger partial charge in [0.2, 0.25) is 0 Å². The largest absolute Gasteiger partial charge is 0.485 e. The van der Waals surface area contributed by atoms with E-state index < -0.39 is 0 Å². The first-order valence-electron chi connectivity index (χ1n) is 6.65. The van der Waals surface area contributed by atoms with Crippen molar-refractivity contribution in [1.82, 2.24) is 14.6 Å². The molecule has 0 aliphatic carbocycles. The van der Waals surface area contributed by atoms with Crippen molar-refractivity contribution in [3.8, 4) is 5.75 Å². The number of benzene rings is 1. The van der Waals surface area contributed by atoms with Crippen LogP contribution in [0, 0.1) is 20.8 Å². The number of aryl methyl sites for hydroxylation is 3. The Kier molecular flexibility index (Phi) is 3.14. The lowest BCUT2D eigenvalue weighted by Gasteiger charge is -2.08. The Morgan fingerprint density at radius 1 is 1.10 bits per heavy atom. The molecule has 4 heteroatoms. The van der Waals surface area contributed by atoms with Gasteiger partial charge in [-0.2, -0.15) is 5.10 Å². The molecule has 0 fully saturated rings. The van der Waals surface area contributed by atoms with E-state index in [0.717, 1.165) is 34.0 Å². The minimum Gasteiger partial charge on any atom is -0.485 e. The third-order valence-electron chi connectivity index (χ3n) is 3.37. The number of ether oxygens (including phenoxy) is 1. The van der Waals surface area contributed by atoms with Crippen LogP contribution in [0.3, 0.4) is 0 Å². The Bertz CT molecular complexity index is 747. The molecule has 20 heavy (non-hydrogen) atoms. The van der Waals surface area contributed by atoms with E-state index in [2.05, 4.69) is 10.1 Å². The Balaban J connectivity index is 1.97. The van der Waals surface area contributed by atoms with E-state index in [9.17, 15) is 0 Å². The summed E-state index contributed by atoms with van der Waals surface area (Å²) >= 11 is 0. The molecule has 2 aromatic heterocycles. The van der Waals surface area contributed by atoms with Gasteiger partial charge in [-0.05, 0) is 26.3 Å². The molecule has 4 nitrogen and oxygen atoms in total. The summed E-state index contributed by atoms with van der Waals surface area (Å²) in [4.78, 5) is 4.54. The SMILES string of the molecule is Cc1cc(OCc2ccccc2)c2nc(C)c(C)n2n1. The maximum atomic E-state index is 5.93. The normalized spacial score (nSPS) is 10.9. The molecule has 2 heterocycles. The summed E-state index contributed by atoms with van der Waals surface area (Å²) in [6.45, 7) is 6.50. The summed E-state index contributed by atoms with van der Waals surface area (Å²) in [6.07, 6.45) is 0. The van der Waals surface area contributed by atoms with Gasteiger partial charge in [-0.1, -0.05) is 30.3 Å². The lowest BCUT2D eigenvalue weighted by Crippen LogP contribution is -2.02. The quantitative estimate of drug-likeness (QED) is 0.731. The first-order chi connectivity index (χ1) is 9.65. The zero-order valence-corrected chi connectivity index (χ0v) is 11.9. The van der Waals surface area contributed by atoms with Crippen LogP contribution in [-0.4, -0.2) is 14.6 Å². The highest BCUT2D eigenvalue weighted by Crippen LogP contribution is 2.22. The highest BCUT2D eigenvalue weighted by molar-refractivity contribution is 5.55. The number of imidazole rings is 1. The van der Waals surface area contributed by atoms with Gasteiger partial charge >= 0.3 is 0 Å². The predicted molar refractivity (Wildman–Crippen MR) is 78.0 cm³/mol. The van der Waals surface area contributed by atoms with Crippen molar-refractivity contribution in [2.45, 2.75) is 27.4 Å². The van der Waals surface area contributed by atoms with Gasteiger partial charge in [-0.3, -0.25) is 0 Å². The molecular weight excluding hydrogens is 250 g/mol. The third-order valence-corrected chi connectivity index (χ3v) is 3.37. The molecular formula is C16H17N3O. The summed E-state index contributed by atoms with van der Waals surface area (Å²) < 4.78 is 7.78. The van der Waals surface area contributed by atoms with Gasteiger partial charge < -0.3 is 4.74 Å². The van der Waals surface area contributed by atoms with E-state index in [4.69, 9.17) is 4.74 Å². The van der Waals surface area contributed by atoms with Crippen LogP contribution in [0.4, 0.5) is 0 Å². The van der Waals surface area contributed by atoms with Gasteiger partial charge in [-0.15, -0.1) is 0 Å². The third kappa shape index (κ3) is 2.25. The minimum atomic E-state index is 0.533. The summed E-state index contributed by atoms with van der Waals surface area (Å²) in [7, 11) is 0. The molecule has 0 bridgehead atoms. The van der Waals surface area contributed by atoms with Gasteiger partial charge in [0.05, 0.1) is 17.1 Å². The van der Waals surface area contributed by atoms with Crippen LogP contribution in [-0.2, 0) is 6.61 Å². The summed E-state index contributed by atoms with van der Waals surface area (Å²) in [6, 6.07) is 12.1. The number of fused-ring (bicyclic) bond motifs is 1. The molecule has 0 unspecified atom stereocenters. The second-order valence-electron chi connectivity index (χ2n) is 4.94. The Morgan fingerprint density at radius 3 is 2.60 bits per heavy atom. The lowest BCUT2D eigenvalue weighted by atomic mass is 10.2. The standard InChI is InChI=1S/C16H17N3O/c1-11-9-15(20-10-14-7-5-4-6-8-14)16-17-12(2)13(3)19(16)18-11/h4-9H,10H2,1-3H3. The zero-order valence-electron chi connectivity index (χ0n) is 11.9. The molecule has 1 aromatic carbocycles. The topological polar surface area (TPSA) is 39.4 Å². The van der Waals surface area contributed by atoms with E-state index in [0.29, 0.717) is 6.61 Å². The van der Waals surface area contributed by atoms with E-state index in [-0.39, 0.29) is 0 Å². The molecule has 102 valence electrons. The van der Waals surface area contributed by atoms with Crippen molar-refractivity contribution < 1.29 is 4.74 Å². The second kappa shape index (κ2) is 4.96. The van der Waals surface area contributed by atoms with Crippen LogP contribution in [0.1, 0.15) is 22.6 Å². The maximum Gasteiger partial charge on any atom is 0.196 e. The smallest absolute Gasteiger partial charge is 0.196 e. The van der Waals surface area contributed by atoms with Gasteiger partial charge in [-0.25, -0.2) is 9.50 Å². The van der Waals surface area contributed by atoms with Crippen molar-refractivity contribution in [2.75, 3.05) is 0 Å². The second-order valence-corrected chi connectivity index (χ2v) is 4.94. The molecule has 3 rings (SSSR count). The average molecular weight is 267 g/mol. The summed E-state index contributed by atoms with van der Waals surface area (Å²) in [5.74, 6) is 0.776. The van der Waals surface area contributed by atoms with E-state index in [1.54, 1.807) is 0 Å². The van der Waals surface area contributed by atoms with Crippen molar-refractivity contribution in [2.24, 2.45) is 0 Å². The summed E-state index contributed by atoms with van der Waals surface area (Å²) in [5, 5.41) is 4.49. The van der Waals surface area contributed by atoms with Gasteiger partial charge in [0.15, 0.2) is 11.4 Å². The average Bonchev–Trinajstić information content (AvgIpc) is 2.74. The first-order valence-corrected chi connectivity index (χ1v) is 6.65. The fraction of sp³-hybridized carbons (Fsp3) is 0.250. The van der Waals surface area contributed by atoms with Crippen LogP contribution in [0.2, 0.25) is 0 Å². The number of hydrogen-bond donors (Lipinski definition) is 0. The molecule has 0 spiro atoms. The zero-order chi connectivity index (χ0) is 14.1. The summed E-state index contributed by atoms with van der Waals surface area (Å²) in [5.41, 5.74) is 4.86. The Labute approximate surface area is 118 Å². The molecule has 0 radical (unpaired) electrons. The van der Waals surface area contributed by atoms with E-state index in [1.807, 2.05) is 61.7 Å². The molecule has 0 aliphatic rings. The Morgan fingerprint density at radius 2 is 1.85 bits per heavy atom. The monoisotopic (exact) mass is 267 g/mol. The fourth-order valence-corrected chi connectivity index (χ4v) is 2.16. The highest BCUT2D eigenvalue weighted by Gasteiger charge is 2.12. The first kappa shape index (κ1) is 12.7. The fourth-order valence-electron chi connectivity index (χ4n) is 2.16. The number of hydrogen-bond acceptors (Lipinski definition) is 3. The van der Waals surface area contributed by atoms with Crippen LogP contribution >= 0.6 is 0 Å². The van der Waals surface area contributed by atoms with Crippen molar-refractivity contribution in [1.29, 1.82) is 0 Å². The molecule has 0 aliphatic heterocycles. The number of rotatable bonds is 3. The maximum absolute atomic E-state index is 5.93. The van der Waals surface area contributed by atoms with Crippen molar-refractivity contribution in [3.05, 3.63) is 59.0 Å². The van der Waals surface area contributed by atoms with Crippen molar-refractivity contribution >= 4 is 5.65 Å². The van der Waals surface area contributed by atoms with E-state index >= 15 is 0 Å². The van der Waals surface area contributed by atoms with Crippen LogP contribution in [0.15, 0.2) is 36.4 Å². The molecule has 0 N–H and O–H groups in total. The highest BCUT2D eigenvalue weighted by atomic mass is 16.5. The molecule has 0 atom stereocenters. The lowest BCUT2D eigenvalue weighted by molar-refractivity contribution is 0.307. The van der Waals surface area contributed by atoms with Gasteiger partial charge in [0.25, 0.3) is 0 Å². The van der Waals surface area contributed by atoms with Crippen LogP contribution in [0.5, 0.6) is 5.75 Å². The number of aromatic nitrogens is 3. The minimum absolute atomic E-state index is 0.533. The Hall–Kier alpha value is -2.36.